The van der Waals surface area contributed by atoms with Crippen molar-refractivity contribution in [2.75, 3.05) is 24.2 Å². The van der Waals surface area contributed by atoms with Crippen molar-refractivity contribution in [3.05, 3.63) is 5.28 Å². The first-order valence-electron chi connectivity index (χ1n) is 6.52. The quantitative estimate of drug-likeness (QED) is 0.880. The zero-order valence-electron chi connectivity index (χ0n) is 10.9. The molecule has 1 aromatic rings. The van der Waals surface area contributed by atoms with E-state index in [0.717, 1.165) is 12.5 Å². The molecule has 1 fully saturated rings. The molecule has 18 heavy (non-hydrogen) atoms. The van der Waals surface area contributed by atoms with Crippen LogP contribution in [0, 0.1) is 11.8 Å². The Morgan fingerprint density at radius 1 is 1.17 bits per heavy atom. The largest absolute Gasteiger partial charge is 0.357 e. The molecule has 2 rings (SSSR count). The van der Waals surface area contributed by atoms with Gasteiger partial charge in [0.15, 0.2) is 0 Å². The molecule has 2 unspecified atom stereocenters. The van der Waals surface area contributed by atoms with Gasteiger partial charge in [0, 0.05) is 13.6 Å². The zero-order valence-corrected chi connectivity index (χ0v) is 11.7. The van der Waals surface area contributed by atoms with Crippen LogP contribution in [0.25, 0.3) is 0 Å². The van der Waals surface area contributed by atoms with E-state index in [4.69, 9.17) is 11.6 Å². The number of aromatic nitrogens is 3. The van der Waals surface area contributed by atoms with E-state index in [9.17, 15) is 0 Å². The van der Waals surface area contributed by atoms with E-state index in [1.165, 1.54) is 25.7 Å². The van der Waals surface area contributed by atoms with Gasteiger partial charge in [0.25, 0.3) is 0 Å². The Bertz CT molecular complexity index is 398. The van der Waals surface area contributed by atoms with Gasteiger partial charge >= 0.3 is 0 Å². The molecular weight excluding hydrogens is 250 g/mol. The van der Waals surface area contributed by atoms with Gasteiger partial charge in [-0.3, -0.25) is 0 Å². The Morgan fingerprint density at radius 3 is 2.61 bits per heavy atom. The van der Waals surface area contributed by atoms with Crippen molar-refractivity contribution >= 4 is 23.5 Å². The van der Waals surface area contributed by atoms with Gasteiger partial charge in [0.2, 0.25) is 17.2 Å². The molecule has 1 saturated carbocycles. The fourth-order valence-electron chi connectivity index (χ4n) is 2.46. The van der Waals surface area contributed by atoms with Gasteiger partial charge in [0.1, 0.15) is 0 Å². The summed E-state index contributed by atoms with van der Waals surface area (Å²) in [7, 11) is 1.76. The summed E-state index contributed by atoms with van der Waals surface area (Å²) in [5, 5.41) is 6.36. The summed E-state index contributed by atoms with van der Waals surface area (Å²) in [6.45, 7) is 3.23. The van der Waals surface area contributed by atoms with E-state index in [2.05, 4.69) is 32.5 Å². The molecule has 0 aliphatic heterocycles. The minimum atomic E-state index is 0.216. The lowest BCUT2D eigenvalue weighted by atomic mass is 9.80. The lowest BCUT2D eigenvalue weighted by Gasteiger charge is -2.28. The monoisotopic (exact) mass is 269 g/mol. The smallest absolute Gasteiger partial charge is 0.228 e. The van der Waals surface area contributed by atoms with E-state index in [-0.39, 0.29) is 5.28 Å². The molecule has 0 saturated heterocycles. The van der Waals surface area contributed by atoms with Gasteiger partial charge in [-0.1, -0.05) is 26.2 Å². The molecule has 1 aliphatic carbocycles. The Hall–Kier alpha value is -1.10. The third-order valence-corrected chi connectivity index (χ3v) is 3.81. The number of nitrogens with one attached hydrogen (secondary N) is 2. The van der Waals surface area contributed by atoms with Crippen molar-refractivity contribution in [3.8, 4) is 0 Å². The van der Waals surface area contributed by atoms with Crippen LogP contribution in [0.1, 0.15) is 32.6 Å². The molecule has 1 aliphatic rings. The molecule has 5 nitrogen and oxygen atoms in total. The van der Waals surface area contributed by atoms with Crippen molar-refractivity contribution < 1.29 is 0 Å². The van der Waals surface area contributed by atoms with Crippen LogP contribution in [0.15, 0.2) is 0 Å². The number of anilines is 2. The highest BCUT2D eigenvalue weighted by Crippen LogP contribution is 2.29. The van der Waals surface area contributed by atoms with Crippen molar-refractivity contribution in [2.45, 2.75) is 32.6 Å². The summed E-state index contributed by atoms with van der Waals surface area (Å²) < 4.78 is 0. The maximum Gasteiger partial charge on any atom is 0.228 e. The van der Waals surface area contributed by atoms with Crippen molar-refractivity contribution in [3.63, 3.8) is 0 Å². The van der Waals surface area contributed by atoms with Gasteiger partial charge in [0.05, 0.1) is 0 Å². The lowest BCUT2D eigenvalue weighted by Crippen LogP contribution is -2.25. The zero-order chi connectivity index (χ0) is 13.0. The average Bonchev–Trinajstić information content (AvgIpc) is 2.37. The third kappa shape index (κ3) is 3.45. The first-order valence-corrected chi connectivity index (χ1v) is 6.90. The Kier molecular flexibility index (Phi) is 4.58. The summed E-state index contributed by atoms with van der Waals surface area (Å²) in [5.41, 5.74) is 0. The second-order valence-corrected chi connectivity index (χ2v) is 5.24. The number of hydrogen-bond donors (Lipinski definition) is 2. The molecule has 2 N–H and O–H groups in total. The molecule has 0 spiro atoms. The summed E-state index contributed by atoms with van der Waals surface area (Å²) in [6, 6.07) is 0. The normalized spacial score (nSPS) is 23.7. The maximum atomic E-state index is 5.84. The highest BCUT2D eigenvalue weighted by molar-refractivity contribution is 6.28. The van der Waals surface area contributed by atoms with Crippen LogP contribution in [-0.2, 0) is 0 Å². The maximum absolute atomic E-state index is 5.84. The summed E-state index contributed by atoms with van der Waals surface area (Å²) in [6.07, 6.45) is 5.30. The van der Waals surface area contributed by atoms with Crippen LogP contribution in [0.2, 0.25) is 5.28 Å². The molecule has 0 amide bonds. The highest BCUT2D eigenvalue weighted by atomic mass is 35.5. The molecular formula is C12H20ClN5. The second-order valence-electron chi connectivity index (χ2n) is 4.90. The first-order chi connectivity index (χ1) is 8.69. The number of halogens is 1. The van der Waals surface area contributed by atoms with Gasteiger partial charge < -0.3 is 10.6 Å². The van der Waals surface area contributed by atoms with E-state index < -0.39 is 0 Å². The van der Waals surface area contributed by atoms with Gasteiger partial charge in [-0.15, -0.1) is 0 Å². The third-order valence-electron chi connectivity index (χ3n) is 3.64. The molecule has 100 valence electrons. The predicted molar refractivity (Wildman–Crippen MR) is 74.0 cm³/mol. The minimum absolute atomic E-state index is 0.216. The summed E-state index contributed by atoms with van der Waals surface area (Å²) in [4.78, 5) is 12.3. The van der Waals surface area contributed by atoms with Crippen LogP contribution in [0.4, 0.5) is 11.9 Å². The number of nitrogens with zero attached hydrogens (tertiary/aromatic N) is 3. The van der Waals surface area contributed by atoms with E-state index in [0.29, 0.717) is 17.8 Å². The van der Waals surface area contributed by atoms with Crippen LogP contribution in [0.5, 0.6) is 0 Å². The van der Waals surface area contributed by atoms with Crippen molar-refractivity contribution in [1.29, 1.82) is 0 Å². The summed E-state index contributed by atoms with van der Waals surface area (Å²) >= 11 is 5.84. The molecule has 6 heteroatoms. The fourth-order valence-corrected chi connectivity index (χ4v) is 2.62. The van der Waals surface area contributed by atoms with Gasteiger partial charge in [-0.05, 0) is 29.9 Å². The number of hydrogen-bond acceptors (Lipinski definition) is 5. The number of rotatable bonds is 4. The van der Waals surface area contributed by atoms with Crippen LogP contribution in [0.3, 0.4) is 0 Å². The first kappa shape index (κ1) is 13.3. The molecule has 0 bridgehead atoms. The van der Waals surface area contributed by atoms with E-state index >= 15 is 0 Å². The second kappa shape index (κ2) is 6.18. The topological polar surface area (TPSA) is 62.7 Å². The summed E-state index contributed by atoms with van der Waals surface area (Å²) in [5.74, 6) is 2.52. The Morgan fingerprint density at radius 2 is 1.89 bits per heavy atom. The average molecular weight is 270 g/mol. The Balaban J connectivity index is 1.94. The van der Waals surface area contributed by atoms with Crippen molar-refractivity contribution in [1.82, 2.24) is 15.0 Å². The fraction of sp³-hybridized carbons (Fsp3) is 0.750. The minimum Gasteiger partial charge on any atom is -0.357 e. The predicted octanol–water partition coefficient (Wildman–Crippen LogP) is 2.80. The molecule has 2 atom stereocenters. The standard InChI is InChI=1S/C12H20ClN5/c1-8-5-3-4-6-9(8)7-15-12-17-10(13)16-11(14-2)18-12/h8-9H,3-7H2,1-2H3,(H2,14,15,16,17,18). The SMILES string of the molecule is CNc1nc(Cl)nc(NCC2CCCCC2C)n1. The van der Waals surface area contributed by atoms with E-state index in [1.807, 2.05) is 0 Å². The van der Waals surface area contributed by atoms with Crippen molar-refractivity contribution in [2.24, 2.45) is 11.8 Å². The molecule has 0 aromatic carbocycles. The molecule has 0 radical (unpaired) electrons. The lowest BCUT2D eigenvalue weighted by molar-refractivity contribution is 0.268. The van der Waals surface area contributed by atoms with Crippen LogP contribution in [-0.4, -0.2) is 28.5 Å². The van der Waals surface area contributed by atoms with E-state index in [1.54, 1.807) is 7.05 Å². The van der Waals surface area contributed by atoms with Gasteiger partial charge in [-0.25, -0.2) is 0 Å². The molecule has 1 heterocycles. The van der Waals surface area contributed by atoms with Crippen LogP contribution >= 0.6 is 11.6 Å². The highest BCUT2D eigenvalue weighted by Gasteiger charge is 2.21. The van der Waals surface area contributed by atoms with Gasteiger partial charge in [-0.2, -0.15) is 15.0 Å². The van der Waals surface area contributed by atoms with Crippen LogP contribution < -0.4 is 10.6 Å². The molecule has 1 aromatic heterocycles. The Labute approximate surface area is 113 Å².